The Morgan fingerprint density at radius 3 is 2.60 bits per heavy atom. The van der Waals surface area contributed by atoms with Gasteiger partial charge in [-0.05, 0) is 78.2 Å². The molecule has 2 fully saturated rings. The van der Waals surface area contributed by atoms with Gasteiger partial charge in [0.05, 0.1) is 5.76 Å². The first-order valence-electron chi connectivity index (χ1n) is 9.76. The van der Waals surface area contributed by atoms with E-state index in [9.17, 15) is 5.11 Å². The Balaban J connectivity index is 1.58. The van der Waals surface area contributed by atoms with Crippen LogP contribution in [0.25, 0.3) is 5.57 Å². The van der Waals surface area contributed by atoms with Gasteiger partial charge in [-0.1, -0.05) is 48.1 Å². The molecule has 2 saturated carbocycles. The van der Waals surface area contributed by atoms with Crippen LogP contribution in [0, 0.1) is 30.6 Å². The third-order valence-corrected chi connectivity index (χ3v) is 7.68. The second kappa shape index (κ2) is 4.58. The van der Waals surface area contributed by atoms with Crippen LogP contribution in [0.3, 0.4) is 0 Å². The maximum Gasteiger partial charge on any atom is 0.0963 e. The van der Waals surface area contributed by atoms with E-state index in [1.807, 2.05) is 0 Å². The van der Waals surface area contributed by atoms with E-state index in [2.05, 4.69) is 55.5 Å². The lowest BCUT2D eigenvalue weighted by Gasteiger charge is -2.30. The molecular formula is C24H24O. The van der Waals surface area contributed by atoms with E-state index in [-0.39, 0.29) is 5.41 Å². The average Bonchev–Trinajstić information content (AvgIpc) is 3.30. The van der Waals surface area contributed by atoms with Crippen molar-refractivity contribution >= 4 is 5.57 Å². The molecule has 0 saturated heterocycles. The van der Waals surface area contributed by atoms with E-state index < -0.39 is 0 Å². The van der Waals surface area contributed by atoms with Crippen molar-refractivity contribution in [3.05, 3.63) is 76.6 Å². The van der Waals surface area contributed by atoms with Gasteiger partial charge in [-0.15, -0.1) is 0 Å². The van der Waals surface area contributed by atoms with E-state index >= 15 is 0 Å². The molecule has 0 heterocycles. The van der Waals surface area contributed by atoms with E-state index in [1.54, 1.807) is 0 Å². The van der Waals surface area contributed by atoms with Gasteiger partial charge in [-0.2, -0.15) is 0 Å². The van der Waals surface area contributed by atoms with Crippen LogP contribution in [0.15, 0.2) is 59.9 Å². The van der Waals surface area contributed by atoms with E-state index in [0.29, 0.717) is 12.2 Å². The van der Waals surface area contributed by atoms with Crippen LogP contribution < -0.4 is 0 Å². The topological polar surface area (TPSA) is 20.2 Å². The first-order valence-corrected chi connectivity index (χ1v) is 9.76. The second-order valence-electron chi connectivity index (χ2n) is 8.88. The summed E-state index contributed by atoms with van der Waals surface area (Å²) >= 11 is 0. The minimum Gasteiger partial charge on any atom is -0.512 e. The Morgan fingerprint density at radius 1 is 1.08 bits per heavy atom. The lowest BCUT2D eigenvalue weighted by molar-refractivity contribution is 0.364. The van der Waals surface area contributed by atoms with Crippen molar-refractivity contribution in [2.24, 2.45) is 23.7 Å². The molecule has 126 valence electrons. The molecule has 1 spiro atoms. The number of aryl methyl sites for hydroxylation is 1. The zero-order valence-electron chi connectivity index (χ0n) is 14.7. The maximum absolute atomic E-state index is 10.4. The van der Waals surface area contributed by atoms with Gasteiger partial charge in [-0.3, -0.25) is 0 Å². The fourth-order valence-corrected chi connectivity index (χ4v) is 6.72. The van der Waals surface area contributed by atoms with Gasteiger partial charge in [0.2, 0.25) is 0 Å². The van der Waals surface area contributed by atoms with E-state index in [4.69, 9.17) is 0 Å². The lowest BCUT2D eigenvalue weighted by Crippen LogP contribution is -2.24. The van der Waals surface area contributed by atoms with Crippen molar-refractivity contribution in [2.75, 3.05) is 0 Å². The van der Waals surface area contributed by atoms with Crippen LogP contribution in [0.5, 0.6) is 0 Å². The number of hydrogen-bond donors (Lipinski definition) is 1. The van der Waals surface area contributed by atoms with Crippen LogP contribution in [0.1, 0.15) is 42.4 Å². The highest BCUT2D eigenvalue weighted by Crippen LogP contribution is 2.66. The minimum absolute atomic E-state index is 0.123. The molecule has 0 amide bonds. The molecule has 0 radical (unpaired) electrons. The summed E-state index contributed by atoms with van der Waals surface area (Å²) in [6.07, 6.45) is 16.0. The molecule has 1 aromatic rings. The van der Waals surface area contributed by atoms with Crippen LogP contribution in [0.2, 0.25) is 0 Å². The van der Waals surface area contributed by atoms with Crippen LogP contribution in [-0.2, 0) is 5.41 Å². The molecule has 6 rings (SSSR count). The van der Waals surface area contributed by atoms with E-state index in [1.165, 1.54) is 47.1 Å². The second-order valence-corrected chi connectivity index (χ2v) is 8.88. The average molecular weight is 328 g/mol. The zero-order valence-corrected chi connectivity index (χ0v) is 14.7. The quantitative estimate of drug-likeness (QED) is 0.612. The SMILES string of the molecule is Cc1ccc2c(c1)C1(CC3C4C=CC(C4)C3C1)C1=C2C=CCC(O)=C1. The molecule has 1 nitrogen and oxygen atoms in total. The summed E-state index contributed by atoms with van der Waals surface area (Å²) in [4.78, 5) is 0. The van der Waals surface area contributed by atoms with Crippen molar-refractivity contribution in [1.82, 2.24) is 0 Å². The number of hydrogen-bond acceptors (Lipinski definition) is 1. The Morgan fingerprint density at radius 2 is 1.84 bits per heavy atom. The van der Waals surface area contributed by atoms with Crippen LogP contribution in [0.4, 0.5) is 0 Å². The molecule has 2 bridgehead atoms. The van der Waals surface area contributed by atoms with Gasteiger partial charge < -0.3 is 5.11 Å². The van der Waals surface area contributed by atoms with Gasteiger partial charge in [0.15, 0.2) is 0 Å². The third kappa shape index (κ3) is 1.69. The highest BCUT2D eigenvalue weighted by Gasteiger charge is 2.58. The Kier molecular flexibility index (Phi) is 2.60. The monoisotopic (exact) mass is 328 g/mol. The summed E-state index contributed by atoms with van der Waals surface area (Å²) in [5, 5.41) is 10.4. The van der Waals surface area contributed by atoms with Crippen molar-refractivity contribution in [2.45, 2.75) is 38.0 Å². The number of rotatable bonds is 0. The third-order valence-electron chi connectivity index (χ3n) is 7.68. The smallest absolute Gasteiger partial charge is 0.0963 e. The highest BCUT2D eigenvalue weighted by molar-refractivity contribution is 5.89. The van der Waals surface area contributed by atoms with Crippen molar-refractivity contribution in [3.63, 3.8) is 0 Å². The molecule has 4 unspecified atom stereocenters. The molecular weight excluding hydrogens is 304 g/mol. The van der Waals surface area contributed by atoms with Crippen molar-refractivity contribution in [3.8, 4) is 0 Å². The number of allylic oxidation sites excluding steroid dienone is 7. The zero-order chi connectivity index (χ0) is 16.8. The summed E-state index contributed by atoms with van der Waals surface area (Å²) in [5.41, 5.74) is 7.17. The number of aliphatic hydroxyl groups excluding tert-OH is 1. The first-order chi connectivity index (χ1) is 12.2. The summed E-state index contributed by atoms with van der Waals surface area (Å²) in [5.74, 6) is 3.77. The summed E-state index contributed by atoms with van der Waals surface area (Å²) < 4.78 is 0. The Hall–Kier alpha value is -2.02. The van der Waals surface area contributed by atoms with Crippen molar-refractivity contribution in [1.29, 1.82) is 0 Å². The van der Waals surface area contributed by atoms with Crippen molar-refractivity contribution < 1.29 is 5.11 Å². The molecule has 1 heteroatoms. The van der Waals surface area contributed by atoms with Crippen LogP contribution >= 0.6 is 0 Å². The number of benzene rings is 1. The maximum atomic E-state index is 10.4. The van der Waals surface area contributed by atoms with Crippen LogP contribution in [-0.4, -0.2) is 5.11 Å². The molecule has 4 atom stereocenters. The molecule has 0 aliphatic heterocycles. The predicted octanol–water partition coefficient (Wildman–Crippen LogP) is 5.63. The molecule has 25 heavy (non-hydrogen) atoms. The fraction of sp³-hybridized carbons (Fsp3) is 0.417. The van der Waals surface area contributed by atoms with Gasteiger partial charge in [-0.25, -0.2) is 0 Å². The largest absolute Gasteiger partial charge is 0.512 e. The van der Waals surface area contributed by atoms with Gasteiger partial charge in [0.1, 0.15) is 0 Å². The molecule has 1 N–H and O–H groups in total. The normalized spacial score (nSPS) is 39.6. The minimum atomic E-state index is 0.123. The summed E-state index contributed by atoms with van der Waals surface area (Å²) in [7, 11) is 0. The van der Waals surface area contributed by atoms with E-state index in [0.717, 1.165) is 23.7 Å². The molecule has 0 aromatic heterocycles. The number of fused-ring (bicyclic) bond motifs is 9. The lowest BCUT2D eigenvalue weighted by atomic mass is 9.72. The molecule has 5 aliphatic rings. The summed E-state index contributed by atoms with van der Waals surface area (Å²) in [6, 6.07) is 6.99. The fourth-order valence-electron chi connectivity index (χ4n) is 6.72. The standard InChI is InChI=1S/C24H24O/c1-14-5-8-19-18-4-2-3-17(25)11-23(18)24(22(19)9-14)12-20-15-6-7-16(10-15)21(20)13-24/h2,4-9,11,15-16,20-21,25H,3,10,12-13H2,1H3. The number of aliphatic hydroxyl groups is 1. The Bertz CT molecular complexity index is 890. The Labute approximate surface area is 149 Å². The predicted molar refractivity (Wildman–Crippen MR) is 101 cm³/mol. The highest BCUT2D eigenvalue weighted by atomic mass is 16.3. The van der Waals surface area contributed by atoms with Gasteiger partial charge in [0, 0.05) is 11.8 Å². The van der Waals surface area contributed by atoms with Gasteiger partial charge >= 0.3 is 0 Å². The summed E-state index contributed by atoms with van der Waals surface area (Å²) in [6.45, 7) is 2.21. The molecule has 5 aliphatic carbocycles. The van der Waals surface area contributed by atoms with Gasteiger partial charge in [0.25, 0.3) is 0 Å². The molecule has 1 aromatic carbocycles. The first kappa shape index (κ1) is 14.2.